The first-order valence-electron chi connectivity index (χ1n) is 4.18. The molecule has 0 aliphatic carbocycles. The van der Waals surface area contributed by atoms with Crippen molar-refractivity contribution in [3.63, 3.8) is 0 Å². The third-order valence-corrected chi connectivity index (χ3v) is 2.51. The second-order valence-electron chi connectivity index (χ2n) is 3.34. The monoisotopic (exact) mass is 163 g/mol. The molecule has 2 N–H and O–H groups in total. The summed E-state index contributed by atoms with van der Waals surface area (Å²) >= 11 is 0. The highest BCUT2D eigenvalue weighted by atomic mass is 16.5. The number of aryl methyl sites for hydroxylation is 1. The third-order valence-electron chi connectivity index (χ3n) is 2.51. The van der Waals surface area contributed by atoms with E-state index in [0.29, 0.717) is 6.61 Å². The van der Waals surface area contributed by atoms with Gasteiger partial charge in [0.1, 0.15) is 12.4 Å². The van der Waals surface area contributed by atoms with E-state index >= 15 is 0 Å². The Balaban J connectivity index is 2.60. The lowest BCUT2D eigenvalue weighted by molar-refractivity contribution is 0.331. The van der Waals surface area contributed by atoms with E-state index in [1.807, 2.05) is 0 Å². The Hall–Kier alpha value is -1.02. The van der Waals surface area contributed by atoms with Crippen LogP contribution < -0.4 is 10.5 Å². The lowest BCUT2D eigenvalue weighted by atomic mass is 10.0. The average Bonchev–Trinajstić information content (AvgIpc) is 2.41. The van der Waals surface area contributed by atoms with E-state index in [1.54, 1.807) is 0 Å². The van der Waals surface area contributed by atoms with Gasteiger partial charge in [0.25, 0.3) is 0 Å². The molecule has 0 amide bonds. The van der Waals surface area contributed by atoms with Crippen LogP contribution in [0.3, 0.4) is 0 Å². The second kappa shape index (κ2) is 2.49. The van der Waals surface area contributed by atoms with E-state index in [9.17, 15) is 0 Å². The lowest BCUT2D eigenvalue weighted by Gasteiger charge is -2.06. The van der Waals surface area contributed by atoms with Gasteiger partial charge in [0.2, 0.25) is 0 Å². The zero-order valence-corrected chi connectivity index (χ0v) is 7.42. The SMILES string of the molecule is Cc1ccc2c(c1C)OC[C@H]2N. The van der Waals surface area contributed by atoms with Crippen LogP contribution in [0.15, 0.2) is 12.1 Å². The van der Waals surface area contributed by atoms with Gasteiger partial charge >= 0.3 is 0 Å². The summed E-state index contributed by atoms with van der Waals surface area (Å²) in [6, 6.07) is 4.23. The molecule has 0 unspecified atom stereocenters. The zero-order chi connectivity index (χ0) is 8.72. The van der Waals surface area contributed by atoms with Gasteiger partial charge in [-0.15, -0.1) is 0 Å². The Morgan fingerprint density at radius 3 is 2.92 bits per heavy atom. The summed E-state index contributed by atoms with van der Waals surface area (Å²) in [4.78, 5) is 0. The first-order valence-corrected chi connectivity index (χ1v) is 4.18. The van der Waals surface area contributed by atoms with Crippen LogP contribution >= 0.6 is 0 Å². The molecule has 1 aromatic rings. The normalized spacial score (nSPS) is 20.4. The highest BCUT2D eigenvalue weighted by molar-refractivity contribution is 5.48. The molecule has 0 radical (unpaired) electrons. The standard InChI is InChI=1S/C10H13NO/c1-6-3-4-8-9(11)5-12-10(8)7(6)2/h3-4,9H,5,11H2,1-2H3/t9-/m1/s1. The van der Waals surface area contributed by atoms with E-state index in [2.05, 4.69) is 26.0 Å². The first-order chi connectivity index (χ1) is 5.70. The second-order valence-corrected chi connectivity index (χ2v) is 3.34. The van der Waals surface area contributed by atoms with E-state index < -0.39 is 0 Å². The van der Waals surface area contributed by atoms with E-state index in [4.69, 9.17) is 10.5 Å². The summed E-state index contributed by atoms with van der Waals surface area (Å²) in [6.07, 6.45) is 0. The number of nitrogens with two attached hydrogens (primary N) is 1. The maximum absolute atomic E-state index is 5.84. The third kappa shape index (κ3) is 0.916. The van der Waals surface area contributed by atoms with Gasteiger partial charge < -0.3 is 10.5 Å². The van der Waals surface area contributed by atoms with Crippen molar-refractivity contribution in [1.82, 2.24) is 0 Å². The molecule has 0 fully saturated rings. The summed E-state index contributed by atoms with van der Waals surface area (Å²) in [7, 11) is 0. The van der Waals surface area contributed by atoms with Crippen LogP contribution in [0, 0.1) is 13.8 Å². The first kappa shape index (κ1) is 7.62. The van der Waals surface area contributed by atoms with E-state index in [1.165, 1.54) is 11.1 Å². The van der Waals surface area contributed by atoms with Crippen molar-refractivity contribution >= 4 is 0 Å². The summed E-state index contributed by atoms with van der Waals surface area (Å²) in [5, 5.41) is 0. The van der Waals surface area contributed by atoms with Crippen molar-refractivity contribution < 1.29 is 4.74 Å². The van der Waals surface area contributed by atoms with Gasteiger partial charge in [-0.05, 0) is 25.0 Å². The minimum atomic E-state index is 0.0688. The molecule has 0 saturated heterocycles. The van der Waals surface area contributed by atoms with Crippen molar-refractivity contribution in [2.24, 2.45) is 5.73 Å². The molecule has 0 saturated carbocycles. The molecule has 0 aromatic heterocycles. The fourth-order valence-corrected chi connectivity index (χ4v) is 1.56. The molecule has 0 spiro atoms. The maximum atomic E-state index is 5.84. The van der Waals surface area contributed by atoms with Crippen molar-refractivity contribution in [1.29, 1.82) is 0 Å². The maximum Gasteiger partial charge on any atom is 0.127 e. The molecule has 12 heavy (non-hydrogen) atoms. The number of ether oxygens (including phenoxy) is 1. The van der Waals surface area contributed by atoms with Gasteiger partial charge in [0, 0.05) is 5.56 Å². The summed E-state index contributed by atoms with van der Waals surface area (Å²) in [5.74, 6) is 1.00. The van der Waals surface area contributed by atoms with Gasteiger partial charge in [0.05, 0.1) is 6.04 Å². The van der Waals surface area contributed by atoms with Crippen LogP contribution in [0.4, 0.5) is 0 Å². The Bertz CT molecular complexity index is 320. The molecule has 1 aliphatic heterocycles. The molecule has 2 rings (SSSR count). The quantitative estimate of drug-likeness (QED) is 0.631. The van der Waals surface area contributed by atoms with Crippen LogP contribution in [0.25, 0.3) is 0 Å². The predicted molar refractivity (Wildman–Crippen MR) is 48.3 cm³/mol. The van der Waals surface area contributed by atoms with E-state index in [-0.39, 0.29) is 6.04 Å². The molecule has 64 valence electrons. The van der Waals surface area contributed by atoms with Crippen molar-refractivity contribution in [3.8, 4) is 5.75 Å². The van der Waals surface area contributed by atoms with Crippen LogP contribution in [-0.2, 0) is 0 Å². The fourth-order valence-electron chi connectivity index (χ4n) is 1.56. The highest BCUT2D eigenvalue weighted by Gasteiger charge is 2.22. The summed E-state index contributed by atoms with van der Waals surface area (Å²) < 4.78 is 5.50. The van der Waals surface area contributed by atoms with Crippen LogP contribution in [0.5, 0.6) is 5.75 Å². The number of hydrogen-bond acceptors (Lipinski definition) is 2. The molecule has 2 nitrogen and oxygen atoms in total. The van der Waals surface area contributed by atoms with Crippen molar-refractivity contribution in [2.75, 3.05) is 6.61 Å². The van der Waals surface area contributed by atoms with Crippen LogP contribution in [0.1, 0.15) is 22.7 Å². The summed E-state index contributed by atoms with van der Waals surface area (Å²) in [5.41, 5.74) is 9.48. The topological polar surface area (TPSA) is 35.2 Å². The highest BCUT2D eigenvalue weighted by Crippen LogP contribution is 2.35. The fraction of sp³-hybridized carbons (Fsp3) is 0.400. The molecule has 1 atom stereocenters. The Morgan fingerprint density at radius 2 is 2.17 bits per heavy atom. The van der Waals surface area contributed by atoms with Crippen LogP contribution in [0.2, 0.25) is 0 Å². The van der Waals surface area contributed by atoms with Gasteiger partial charge in [-0.1, -0.05) is 12.1 Å². The zero-order valence-electron chi connectivity index (χ0n) is 7.42. The van der Waals surface area contributed by atoms with Gasteiger partial charge in [-0.3, -0.25) is 0 Å². The van der Waals surface area contributed by atoms with Gasteiger partial charge in [0.15, 0.2) is 0 Å². The lowest BCUT2D eigenvalue weighted by Crippen LogP contribution is -2.10. The van der Waals surface area contributed by atoms with Gasteiger partial charge in [-0.25, -0.2) is 0 Å². The Kier molecular flexibility index (Phi) is 1.58. The minimum Gasteiger partial charge on any atom is -0.491 e. The molecule has 1 heterocycles. The minimum absolute atomic E-state index is 0.0688. The predicted octanol–water partition coefficient (Wildman–Crippen LogP) is 1.70. The smallest absolute Gasteiger partial charge is 0.127 e. The Labute approximate surface area is 72.3 Å². The number of hydrogen-bond donors (Lipinski definition) is 1. The number of rotatable bonds is 0. The summed E-state index contributed by atoms with van der Waals surface area (Å²) in [6.45, 7) is 4.79. The van der Waals surface area contributed by atoms with E-state index in [0.717, 1.165) is 11.3 Å². The Morgan fingerprint density at radius 1 is 1.42 bits per heavy atom. The molecular formula is C10H13NO. The molecule has 1 aliphatic rings. The van der Waals surface area contributed by atoms with Crippen molar-refractivity contribution in [2.45, 2.75) is 19.9 Å². The average molecular weight is 163 g/mol. The molecule has 2 heteroatoms. The number of benzene rings is 1. The molecular weight excluding hydrogens is 150 g/mol. The number of fused-ring (bicyclic) bond motifs is 1. The molecule has 1 aromatic carbocycles. The van der Waals surface area contributed by atoms with Crippen LogP contribution in [-0.4, -0.2) is 6.61 Å². The van der Waals surface area contributed by atoms with Crippen molar-refractivity contribution in [3.05, 3.63) is 28.8 Å². The van der Waals surface area contributed by atoms with Gasteiger partial charge in [-0.2, -0.15) is 0 Å². The molecule has 0 bridgehead atoms. The largest absolute Gasteiger partial charge is 0.491 e.